The van der Waals surface area contributed by atoms with Crippen LogP contribution < -0.4 is 10.2 Å². The quantitative estimate of drug-likeness (QED) is 0.771. The lowest BCUT2D eigenvalue weighted by Crippen LogP contribution is -2.38. The largest absolute Gasteiger partial charge is 0.462 e. The van der Waals surface area contributed by atoms with Crippen LogP contribution in [-0.2, 0) is 11.3 Å². The van der Waals surface area contributed by atoms with Crippen molar-refractivity contribution in [3.8, 4) is 11.5 Å². The van der Waals surface area contributed by atoms with Gasteiger partial charge >= 0.3 is 5.97 Å². The molecule has 0 spiro atoms. The predicted octanol–water partition coefficient (Wildman–Crippen LogP) is 2.98. The summed E-state index contributed by atoms with van der Waals surface area (Å²) in [6, 6.07) is 8.93. The maximum Gasteiger partial charge on any atom is 0.343 e. The average Bonchev–Trinajstić information content (AvgIpc) is 2.61. The Hall–Kier alpha value is -2.60. The molecule has 1 heterocycles. The third kappa shape index (κ3) is 3.80. The smallest absolute Gasteiger partial charge is 0.343 e. The van der Waals surface area contributed by atoms with E-state index in [0.717, 1.165) is 19.3 Å². The Labute approximate surface area is 152 Å². The normalized spacial score (nSPS) is 15.2. The maximum absolute atomic E-state index is 12.7. The molecule has 1 aromatic carbocycles. The molecular weight excluding hydrogens is 334 g/mol. The molecule has 1 aliphatic rings. The molecule has 1 N–H and O–H groups in total. The van der Waals surface area contributed by atoms with Crippen molar-refractivity contribution in [2.45, 2.75) is 32.7 Å². The molecule has 0 amide bonds. The van der Waals surface area contributed by atoms with Crippen LogP contribution in [0.5, 0.6) is 11.5 Å². The molecule has 0 radical (unpaired) electrons. The molecule has 138 valence electrons. The standard InChI is InChI=1S/C20H23NO5/c1-2-25-19(24)16-11-21(13-20(14-22)9-6-10-20)12-17(18(16)23)26-15-7-4-3-5-8-15/h3-5,7-8,11-12,22H,2,6,9-10,13-14H2,1H3. The number of para-hydroxylation sites is 1. The van der Waals surface area contributed by atoms with Gasteiger partial charge in [-0.1, -0.05) is 24.6 Å². The van der Waals surface area contributed by atoms with Crippen molar-refractivity contribution in [2.75, 3.05) is 13.2 Å². The van der Waals surface area contributed by atoms with Gasteiger partial charge in [0.25, 0.3) is 0 Å². The molecular formula is C20H23NO5. The highest BCUT2D eigenvalue weighted by Crippen LogP contribution is 2.42. The number of rotatable bonds is 7. The van der Waals surface area contributed by atoms with Gasteiger partial charge in [-0.3, -0.25) is 4.79 Å². The number of carbonyl (C=O) groups excluding carboxylic acids is 1. The molecule has 0 bridgehead atoms. The third-order valence-corrected chi connectivity index (χ3v) is 4.78. The van der Waals surface area contributed by atoms with E-state index in [1.807, 2.05) is 6.07 Å². The number of ether oxygens (including phenoxy) is 2. The van der Waals surface area contributed by atoms with Gasteiger partial charge in [0.05, 0.1) is 19.4 Å². The van der Waals surface area contributed by atoms with Crippen molar-refractivity contribution in [3.63, 3.8) is 0 Å². The summed E-state index contributed by atoms with van der Waals surface area (Å²) in [6.45, 7) is 2.46. The number of hydrogen-bond acceptors (Lipinski definition) is 5. The Bertz CT molecular complexity index is 818. The van der Waals surface area contributed by atoms with Gasteiger partial charge in [-0.2, -0.15) is 0 Å². The molecule has 3 rings (SSSR count). The highest BCUT2D eigenvalue weighted by atomic mass is 16.5. The lowest BCUT2D eigenvalue weighted by atomic mass is 9.69. The maximum atomic E-state index is 12.7. The van der Waals surface area contributed by atoms with Crippen molar-refractivity contribution in [2.24, 2.45) is 5.41 Å². The number of aliphatic hydroxyl groups is 1. The molecule has 0 atom stereocenters. The van der Waals surface area contributed by atoms with Crippen molar-refractivity contribution in [1.82, 2.24) is 4.57 Å². The minimum atomic E-state index is -0.670. The van der Waals surface area contributed by atoms with Gasteiger partial charge in [-0.25, -0.2) is 4.79 Å². The van der Waals surface area contributed by atoms with E-state index >= 15 is 0 Å². The minimum Gasteiger partial charge on any atom is -0.462 e. The second-order valence-electron chi connectivity index (χ2n) is 6.68. The Morgan fingerprint density at radius 3 is 2.54 bits per heavy atom. The van der Waals surface area contributed by atoms with Gasteiger partial charge in [0.1, 0.15) is 11.3 Å². The summed E-state index contributed by atoms with van der Waals surface area (Å²) in [6.07, 6.45) is 5.99. The average molecular weight is 357 g/mol. The highest BCUT2D eigenvalue weighted by Gasteiger charge is 2.36. The lowest BCUT2D eigenvalue weighted by molar-refractivity contribution is 0.0271. The number of aliphatic hydroxyl groups excluding tert-OH is 1. The van der Waals surface area contributed by atoms with Crippen LogP contribution in [0.2, 0.25) is 0 Å². The first kappa shape index (κ1) is 18.2. The Morgan fingerprint density at radius 2 is 1.96 bits per heavy atom. The molecule has 1 saturated carbocycles. The van der Waals surface area contributed by atoms with E-state index in [0.29, 0.717) is 12.3 Å². The fourth-order valence-electron chi connectivity index (χ4n) is 3.17. The van der Waals surface area contributed by atoms with Crippen LogP contribution in [0.1, 0.15) is 36.5 Å². The Balaban J connectivity index is 1.98. The Kier molecular flexibility index (Phi) is 5.42. The summed E-state index contributed by atoms with van der Waals surface area (Å²) >= 11 is 0. The molecule has 1 fully saturated rings. The van der Waals surface area contributed by atoms with Crippen LogP contribution in [0, 0.1) is 5.41 Å². The monoisotopic (exact) mass is 357 g/mol. The third-order valence-electron chi connectivity index (χ3n) is 4.78. The van der Waals surface area contributed by atoms with Gasteiger partial charge in [0.2, 0.25) is 5.43 Å². The van der Waals surface area contributed by atoms with Crippen molar-refractivity contribution in [3.05, 3.63) is 58.5 Å². The van der Waals surface area contributed by atoms with E-state index in [-0.39, 0.29) is 29.9 Å². The summed E-state index contributed by atoms with van der Waals surface area (Å²) in [4.78, 5) is 24.9. The first-order valence-corrected chi connectivity index (χ1v) is 8.82. The van der Waals surface area contributed by atoms with Crippen LogP contribution in [-0.4, -0.2) is 28.9 Å². The summed E-state index contributed by atoms with van der Waals surface area (Å²) in [5.41, 5.74) is -0.770. The number of pyridine rings is 1. The number of carbonyl (C=O) groups is 1. The van der Waals surface area contributed by atoms with Gasteiger partial charge < -0.3 is 19.1 Å². The zero-order valence-electron chi connectivity index (χ0n) is 14.8. The van der Waals surface area contributed by atoms with E-state index in [1.54, 1.807) is 42.0 Å². The lowest BCUT2D eigenvalue weighted by Gasteiger charge is -2.40. The fraction of sp³-hybridized carbons (Fsp3) is 0.400. The molecule has 6 nitrogen and oxygen atoms in total. The van der Waals surface area contributed by atoms with Crippen molar-refractivity contribution in [1.29, 1.82) is 0 Å². The highest BCUT2D eigenvalue weighted by molar-refractivity contribution is 5.89. The molecule has 1 aliphatic carbocycles. The number of hydrogen-bond donors (Lipinski definition) is 1. The van der Waals surface area contributed by atoms with Crippen LogP contribution >= 0.6 is 0 Å². The number of aromatic nitrogens is 1. The SMILES string of the molecule is CCOC(=O)c1cn(CC2(CO)CCC2)cc(Oc2ccccc2)c1=O. The molecule has 26 heavy (non-hydrogen) atoms. The first-order valence-electron chi connectivity index (χ1n) is 8.82. The van der Waals surface area contributed by atoms with Crippen LogP contribution in [0.3, 0.4) is 0 Å². The molecule has 2 aromatic rings. The van der Waals surface area contributed by atoms with Crippen molar-refractivity contribution >= 4 is 5.97 Å². The van der Waals surface area contributed by atoms with E-state index in [9.17, 15) is 14.7 Å². The molecule has 6 heteroatoms. The minimum absolute atomic E-state index is 0.0623. The van der Waals surface area contributed by atoms with Crippen LogP contribution in [0.15, 0.2) is 47.5 Å². The number of esters is 1. The zero-order valence-corrected chi connectivity index (χ0v) is 14.8. The van der Waals surface area contributed by atoms with Crippen molar-refractivity contribution < 1.29 is 19.4 Å². The van der Waals surface area contributed by atoms with Gasteiger partial charge in [-0.15, -0.1) is 0 Å². The second-order valence-corrected chi connectivity index (χ2v) is 6.68. The number of benzene rings is 1. The molecule has 0 saturated heterocycles. The summed E-state index contributed by atoms with van der Waals surface area (Å²) < 4.78 is 12.5. The predicted molar refractivity (Wildman–Crippen MR) is 96.5 cm³/mol. The van der Waals surface area contributed by atoms with Crippen LogP contribution in [0.25, 0.3) is 0 Å². The topological polar surface area (TPSA) is 77.8 Å². The van der Waals surface area contributed by atoms with E-state index in [1.165, 1.54) is 6.20 Å². The van der Waals surface area contributed by atoms with Crippen LogP contribution in [0.4, 0.5) is 0 Å². The zero-order chi connectivity index (χ0) is 18.6. The Morgan fingerprint density at radius 1 is 1.23 bits per heavy atom. The van der Waals surface area contributed by atoms with Gasteiger partial charge in [-0.05, 0) is 31.9 Å². The fourth-order valence-corrected chi connectivity index (χ4v) is 3.17. The van der Waals surface area contributed by atoms with Gasteiger partial charge in [0.15, 0.2) is 5.75 Å². The van der Waals surface area contributed by atoms with E-state index in [4.69, 9.17) is 9.47 Å². The molecule has 0 aliphatic heterocycles. The molecule has 1 aromatic heterocycles. The summed E-state index contributed by atoms with van der Waals surface area (Å²) in [5, 5.41) is 9.72. The molecule has 0 unspecified atom stereocenters. The first-order chi connectivity index (χ1) is 12.6. The number of nitrogens with zero attached hydrogens (tertiary/aromatic N) is 1. The van der Waals surface area contributed by atoms with Gasteiger partial charge in [0, 0.05) is 18.2 Å². The summed E-state index contributed by atoms with van der Waals surface area (Å²) in [7, 11) is 0. The second kappa shape index (κ2) is 7.74. The van der Waals surface area contributed by atoms with E-state index < -0.39 is 11.4 Å². The summed E-state index contributed by atoms with van der Waals surface area (Å²) in [5.74, 6) is -0.0942. The van der Waals surface area contributed by atoms with E-state index in [2.05, 4.69) is 0 Å².